The van der Waals surface area contributed by atoms with Gasteiger partial charge in [-0.05, 0) is 5.41 Å². The van der Waals surface area contributed by atoms with Gasteiger partial charge in [0.1, 0.15) is 6.04 Å². The molecule has 0 spiro atoms. The molecule has 106 valence electrons. The fourth-order valence-electron chi connectivity index (χ4n) is 1.58. The number of carboxylic acids is 1. The highest BCUT2D eigenvalue weighted by Gasteiger charge is 2.32. The number of aromatic nitrogens is 2. The van der Waals surface area contributed by atoms with E-state index in [-0.39, 0.29) is 0 Å². The minimum absolute atomic E-state index is 0.302. The first-order valence-corrected chi connectivity index (χ1v) is 5.95. The number of amides is 2. The lowest BCUT2D eigenvalue weighted by Gasteiger charge is -2.27. The molecule has 7 heteroatoms. The van der Waals surface area contributed by atoms with Crippen LogP contribution in [0.5, 0.6) is 0 Å². The van der Waals surface area contributed by atoms with Crippen molar-refractivity contribution in [3.8, 4) is 0 Å². The highest BCUT2D eigenvalue weighted by Crippen LogP contribution is 2.19. The summed E-state index contributed by atoms with van der Waals surface area (Å²) >= 11 is 0. The molecule has 19 heavy (non-hydrogen) atoms. The van der Waals surface area contributed by atoms with E-state index in [0.717, 1.165) is 5.56 Å². The normalized spacial score (nSPS) is 12.8. The molecule has 0 aliphatic heterocycles. The van der Waals surface area contributed by atoms with Gasteiger partial charge in [0.2, 0.25) is 0 Å². The van der Waals surface area contributed by atoms with E-state index in [0.29, 0.717) is 6.54 Å². The quantitative estimate of drug-likeness (QED) is 0.749. The van der Waals surface area contributed by atoms with E-state index in [4.69, 9.17) is 5.11 Å². The maximum atomic E-state index is 11.7. The number of carbonyl (C=O) groups is 2. The Morgan fingerprint density at radius 2 is 2.11 bits per heavy atom. The molecule has 1 atom stereocenters. The molecule has 3 N–H and O–H groups in total. The van der Waals surface area contributed by atoms with Crippen molar-refractivity contribution in [3.63, 3.8) is 0 Å². The molecule has 0 fully saturated rings. The van der Waals surface area contributed by atoms with E-state index in [1.165, 1.54) is 0 Å². The largest absolute Gasteiger partial charge is 0.480 e. The molecule has 2 amide bonds. The highest BCUT2D eigenvalue weighted by molar-refractivity contribution is 5.83. The number of nitrogens with one attached hydrogen (secondary N) is 2. The first-order chi connectivity index (χ1) is 8.70. The SMILES string of the molecule is Cn1cc(CNC(=O)N[C@H](C(=O)O)C(C)(C)C)cn1. The molecule has 0 saturated heterocycles. The Bertz CT molecular complexity index is 462. The van der Waals surface area contributed by atoms with Crippen LogP contribution in [0.1, 0.15) is 26.3 Å². The zero-order valence-electron chi connectivity index (χ0n) is 11.6. The molecule has 0 radical (unpaired) electrons. The summed E-state index contributed by atoms with van der Waals surface area (Å²) in [4.78, 5) is 22.8. The number of rotatable bonds is 4. The van der Waals surface area contributed by atoms with E-state index in [2.05, 4.69) is 15.7 Å². The Labute approximate surface area is 112 Å². The Hall–Kier alpha value is -2.05. The summed E-state index contributed by atoms with van der Waals surface area (Å²) in [5, 5.41) is 18.1. The Balaban J connectivity index is 2.52. The smallest absolute Gasteiger partial charge is 0.326 e. The third-order valence-electron chi connectivity index (χ3n) is 2.60. The van der Waals surface area contributed by atoms with E-state index >= 15 is 0 Å². The lowest BCUT2D eigenvalue weighted by atomic mass is 9.87. The maximum absolute atomic E-state index is 11.7. The first kappa shape index (κ1) is 15.0. The fourth-order valence-corrected chi connectivity index (χ4v) is 1.58. The van der Waals surface area contributed by atoms with Gasteiger partial charge >= 0.3 is 12.0 Å². The standard InChI is InChI=1S/C12H20N4O3/c1-12(2,3)9(10(17)18)15-11(19)13-5-8-6-14-16(4)7-8/h6-7,9H,5H2,1-4H3,(H,17,18)(H2,13,15,19)/t9-/m1/s1. The number of carboxylic acid groups (broad SMARTS) is 1. The predicted octanol–water partition coefficient (Wildman–Crippen LogP) is 0.719. The first-order valence-electron chi connectivity index (χ1n) is 5.95. The molecule has 0 aliphatic carbocycles. The van der Waals surface area contributed by atoms with Crippen molar-refractivity contribution in [2.75, 3.05) is 0 Å². The minimum atomic E-state index is -1.05. The van der Waals surface area contributed by atoms with Crippen LogP contribution in [0.25, 0.3) is 0 Å². The molecule has 1 heterocycles. The van der Waals surface area contributed by atoms with Gasteiger partial charge in [-0.1, -0.05) is 20.8 Å². The summed E-state index contributed by atoms with van der Waals surface area (Å²) < 4.78 is 1.63. The van der Waals surface area contributed by atoms with Crippen LogP contribution in [0.4, 0.5) is 4.79 Å². The number of hydrogen-bond acceptors (Lipinski definition) is 3. The monoisotopic (exact) mass is 268 g/mol. The molecular weight excluding hydrogens is 248 g/mol. The molecule has 1 aromatic rings. The van der Waals surface area contributed by atoms with E-state index < -0.39 is 23.5 Å². The lowest BCUT2D eigenvalue weighted by Crippen LogP contribution is -2.52. The average Bonchev–Trinajstić information content (AvgIpc) is 2.67. The Morgan fingerprint density at radius 1 is 1.47 bits per heavy atom. The molecule has 0 saturated carbocycles. The van der Waals surface area contributed by atoms with Gasteiger partial charge in [-0.15, -0.1) is 0 Å². The van der Waals surface area contributed by atoms with Gasteiger partial charge in [0.15, 0.2) is 0 Å². The third kappa shape index (κ3) is 4.61. The van der Waals surface area contributed by atoms with Crippen LogP contribution in [-0.2, 0) is 18.4 Å². The van der Waals surface area contributed by atoms with Gasteiger partial charge < -0.3 is 15.7 Å². The Kier molecular flexibility index (Phi) is 4.52. The molecule has 0 aliphatic rings. The van der Waals surface area contributed by atoms with Crippen LogP contribution in [0.2, 0.25) is 0 Å². The zero-order chi connectivity index (χ0) is 14.6. The van der Waals surface area contributed by atoms with Crippen LogP contribution < -0.4 is 10.6 Å². The maximum Gasteiger partial charge on any atom is 0.326 e. The van der Waals surface area contributed by atoms with Gasteiger partial charge in [-0.3, -0.25) is 4.68 Å². The van der Waals surface area contributed by atoms with Crippen molar-refractivity contribution in [2.45, 2.75) is 33.4 Å². The Morgan fingerprint density at radius 3 is 2.53 bits per heavy atom. The summed E-state index contributed by atoms with van der Waals surface area (Å²) in [5.41, 5.74) is 0.289. The van der Waals surface area contributed by atoms with Crippen molar-refractivity contribution in [1.29, 1.82) is 0 Å². The fraction of sp³-hybridized carbons (Fsp3) is 0.583. The summed E-state index contributed by atoms with van der Waals surface area (Å²) in [5.74, 6) is -1.05. The average molecular weight is 268 g/mol. The van der Waals surface area contributed by atoms with Crippen molar-refractivity contribution in [3.05, 3.63) is 18.0 Å². The van der Waals surface area contributed by atoms with Crippen LogP contribution >= 0.6 is 0 Å². The molecule has 0 aromatic carbocycles. The second kappa shape index (κ2) is 5.73. The summed E-state index contributed by atoms with van der Waals surface area (Å²) in [6.45, 7) is 5.57. The molecule has 1 aromatic heterocycles. The van der Waals surface area contributed by atoms with Gasteiger partial charge in [0, 0.05) is 25.4 Å². The molecule has 0 bridgehead atoms. The third-order valence-corrected chi connectivity index (χ3v) is 2.60. The van der Waals surface area contributed by atoms with Gasteiger partial charge in [0.05, 0.1) is 6.20 Å². The van der Waals surface area contributed by atoms with Crippen LogP contribution in [0, 0.1) is 5.41 Å². The molecule has 1 rings (SSSR count). The van der Waals surface area contributed by atoms with Gasteiger partial charge in [0.25, 0.3) is 0 Å². The number of urea groups is 1. The molecule has 7 nitrogen and oxygen atoms in total. The van der Waals surface area contributed by atoms with Crippen LogP contribution in [0.15, 0.2) is 12.4 Å². The summed E-state index contributed by atoms with van der Waals surface area (Å²) in [6.07, 6.45) is 3.41. The van der Waals surface area contributed by atoms with E-state index in [1.54, 1.807) is 44.9 Å². The number of aryl methyl sites for hydroxylation is 1. The second-order valence-corrected chi connectivity index (χ2v) is 5.49. The minimum Gasteiger partial charge on any atom is -0.480 e. The predicted molar refractivity (Wildman–Crippen MR) is 69.5 cm³/mol. The van der Waals surface area contributed by atoms with Crippen molar-refractivity contribution < 1.29 is 14.7 Å². The van der Waals surface area contributed by atoms with Gasteiger partial charge in [-0.2, -0.15) is 5.10 Å². The number of aliphatic carboxylic acids is 1. The van der Waals surface area contributed by atoms with Crippen LogP contribution in [0.3, 0.4) is 0 Å². The number of hydrogen-bond donors (Lipinski definition) is 3. The highest BCUT2D eigenvalue weighted by atomic mass is 16.4. The van der Waals surface area contributed by atoms with Gasteiger partial charge in [-0.25, -0.2) is 9.59 Å². The van der Waals surface area contributed by atoms with E-state index in [1.807, 2.05) is 0 Å². The molecular formula is C12H20N4O3. The van der Waals surface area contributed by atoms with Crippen molar-refractivity contribution in [2.24, 2.45) is 12.5 Å². The summed E-state index contributed by atoms with van der Waals surface area (Å²) in [7, 11) is 1.78. The van der Waals surface area contributed by atoms with E-state index in [9.17, 15) is 9.59 Å². The molecule has 0 unspecified atom stereocenters. The van der Waals surface area contributed by atoms with Crippen molar-refractivity contribution >= 4 is 12.0 Å². The zero-order valence-corrected chi connectivity index (χ0v) is 11.6. The lowest BCUT2D eigenvalue weighted by molar-refractivity contribution is -0.141. The summed E-state index contributed by atoms with van der Waals surface area (Å²) in [6, 6.07) is -1.45. The van der Waals surface area contributed by atoms with Crippen molar-refractivity contribution in [1.82, 2.24) is 20.4 Å². The topological polar surface area (TPSA) is 96.2 Å². The number of carbonyl (C=O) groups excluding carboxylic acids is 1. The van der Waals surface area contributed by atoms with Crippen LogP contribution in [-0.4, -0.2) is 32.9 Å². The number of nitrogens with zero attached hydrogens (tertiary/aromatic N) is 2. The second-order valence-electron chi connectivity index (χ2n) is 5.49.